The van der Waals surface area contributed by atoms with Crippen molar-refractivity contribution in [1.29, 1.82) is 0 Å². The molecule has 120 valence electrons. The first-order chi connectivity index (χ1) is 11.2. The Kier molecular flexibility index (Phi) is 3.06. The van der Waals surface area contributed by atoms with Gasteiger partial charge in [0.15, 0.2) is 5.78 Å². The van der Waals surface area contributed by atoms with Crippen molar-refractivity contribution in [3.63, 3.8) is 0 Å². The first-order valence-corrected chi connectivity index (χ1v) is 9.27. The first-order valence-electron chi connectivity index (χ1n) is 9.27. The average Bonchev–Trinajstić information content (AvgIpc) is 3.25. The Hall–Kier alpha value is -1.41. The van der Waals surface area contributed by atoms with Crippen LogP contribution in [-0.4, -0.2) is 30.3 Å². The van der Waals surface area contributed by atoms with E-state index in [0.29, 0.717) is 5.78 Å². The van der Waals surface area contributed by atoms with Gasteiger partial charge < -0.3 is 4.90 Å². The summed E-state index contributed by atoms with van der Waals surface area (Å²) in [6, 6.07) is 8.34. The normalized spacial score (nSPS) is 34.4. The molecule has 1 aliphatic heterocycles. The van der Waals surface area contributed by atoms with Crippen molar-refractivity contribution in [2.45, 2.75) is 37.5 Å². The lowest BCUT2D eigenvalue weighted by atomic mass is 9.73. The van der Waals surface area contributed by atoms with Crippen LogP contribution in [0.3, 0.4) is 0 Å². The van der Waals surface area contributed by atoms with Gasteiger partial charge in [-0.25, -0.2) is 0 Å². The fourth-order valence-corrected chi connectivity index (χ4v) is 5.73. The number of benzene rings is 1. The molecule has 1 aromatic carbocycles. The SMILES string of the molecule is O=C1CC2(CCN(C[C@@H]3C[C@@H]4C=C[C@H]3C4)CC2)c2ccccc21. The average molecular weight is 307 g/mol. The standard InChI is InChI=1S/C21H25NO/c23-20-13-21(19-4-2-1-3-18(19)20)7-9-22(10-8-21)14-17-12-15-5-6-16(17)11-15/h1-6,15-17H,7-14H2/t15-,16+,17+/m1/s1. The van der Waals surface area contributed by atoms with Gasteiger partial charge in [-0.3, -0.25) is 4.79 Å². The number of hydrogen-bond acceptors (Lipinski definition) is 2. The summed E-state index contributed by atoms with van der Waals surface area (Å²) < 4.78 is 0. The van der Waals surface area contributed by atoms with E-state index in [2.05, 4.69) is 29.2 Å². The fraction of sp³-hybridized carbons (Fsp3) is 0.571. The molecule has 2 fully saturated rings. The second kappa shape index (κ2) is 5.04. The summed E-state index contributed by atoms with van der Waals surface area (Å²) in [7, 11) is 0. The van der Waals surface area contributed by atoms with E-state index in [-0.39, 0.29) is 5.41 Å². The number of carbonyl (C=O) groups is 1. The molecule has 0 radical (unpaired) electrons. The molecule has 3 aliphatic carbocycles. The van der Waals surface area contributed by atoms with Crippen LogP contribution in [0.4, 0.5) is 0 Å². The molecular formula is C21H25NO. The number of allylic oxidation sites excluding steroid dienone is 2. The topological polar surface area (TPSA) is 20.3 Å². The molecule has 2 bridgehead atoms. The number of rotatable bonds is 2. The third-order valence-electron chi connectivity index (χ3n) is 7.02. The van der Waals surface area contributed by atoms with Gasteiger partial charge in [0.2, 0.25) is 0 Å². The highest BCUT2D eigenvalue weighted by Crippen LogP contribution is 2.47. The van der Waals surface area contributed by atoms with Gasteiger partial charge in [0.05, 0.1) is 0 Å². The lowest BCUT2D eigenvalue weighted by Gasteiger charge is -2.41. The van der Waals surface area contributed by atoms with Crippen molar-refractivity contribution in [2.75, 3.05) is 19.6 Å². The third-order valence-corrected chi connectivity index (χ3v) is 7.02. The molecule has 0 amide bonds. The Labute approximate surface area is 138 Å². The predicted octanol–water partition coefficient (Wildman–Crippen LogP) is 3.82. The monoisotopic (exact) mass is 307 g/mol. The quantitative estimate of drug-likeness (QED) is 0.774. The Morgan fingerprint density at radius 3 is 2.65 bits per heavy atom. The highest BCUT2D eigenvalue weighted by molar-refractivity contribution is 6.02. The number of likely N-dealkylation sites (tertiary alicyclic amines) is 1. The second-order valence-electron chi connectivity index (χ2n) is 8.27. The van der Waals surface area contributed by atoms with Gasteiger partial charge in [-0.05, 0) is 62.1 Å². The molecule has 5 rings (SSSR count). The summed E-state index contributed by atoms with van der Waals surface area (Å²) in [6.07, 6.45) is 10.8. The van der Waals surface area contributed by atoms with Crippen molar-refractivity contribution < 1.29 is 4.79 Å². The maximum Gasteiger partial charge on any atom is 0.164 e. The van der Waals surface area contributed by atoms with Crippen molar-refractivity contribution in [1.82, 2.24) is 4.90 Å². The maximum atomic E-state index is 12.4. The van der Waals surface area contributed by atoms with E-state index < -0.39 is 0 Å². The summed E-state index contributed by atoms with van der Waals surface area (Å²) in [5.41, 5.74) is 2.49. The zero-order valence-corrected chi connectivity index (χ0v) is 13.7. The first kappa shape index (κ1) is 14.0. The van der Waals surface area contributed by atoms with E-state index in [4.69, 9.17) is 0 Å². The summed E-state index contributed by atoms with van der Waals surface area (Å²) in [5.74, 6) is 2.98. The summed E-state index contributed by atoms with van der Waals surface area (Å²) >= 11 is 0. The minimum absolute atomic E-state index is 0.152. The molecule has 1 saturated heterocycles. The fourth-order valence-electron chi connectivity index (χ4n) is 5.73. The number of nitrogens with zero attached hydrogens (tertiary/aromatic N) is 1. The van der Waals surface area contributed by atoms with Crippen molar-refractivity contribution in [3.05, 3.63) is 47.5 Å². The van der Waals surface area contributed by atoms with E-state index in [1.165, 1.54) is 38.0 Å². The molecule has 4 aliphatic rings. The van der Waals surface area contributed by atoms with Crippen LogP contribution in [0.15, 0.2) is 36.4 Å². The van der Waals surface area contributed by atoms with Gasteiger partial charge in [0.1, 0.15) is 0 Å². The van der Waals surface area contributed by atoms with Crippen LogP contribution in [0, 0.1) is 17.8 Å². The lowest BCUT2D eigenvalue weighted by Crippen LogP contribution is -2.44. The largest absolute Gasteiger partial charge is 0.303 e. The molecule has 0 aromatic heterocycles. The zero-order valence-electron chi connectivity index (χ0n) is 13.7. The van der Waals surface area contributed by atoms with E-state index in [9.17, 15) is 4.79 Å². The van der Waals surface area contributed by atoms with Crippen LogP contribution >= 0.6 is 0 Å². The molecular weight excluding hydrogens is 282 g/mol. The van der Waals surface area contributed by atoms with E-state index in [1.807, 2.05) is 12.1 Å². The van der Waals surface area contributed by atoms with Crippen molar-refractivity contribution >= 4 is 5.78 Å². The number of carbonyl (C=O) groups excluding carboxylic acids is 1. The molecule has 1 heterocycles. The van der Waals surface area contributed by atoms with Gasteiger partial charge in [0, 0.05) is 23.9 Å². The predicted molar refractivity (Wildman–Crippen MR) is 91.6 cm³/mol. The van der Waals surface area contributed by atoms with Crippen molar-refractivity contribution in [3.8, 4) is 0 Å². The van der Waals surface area contributed by atoms with Crippen LogP contribution in [0.25, 0.3) is 0 Å². The second-order valence-corrected chi connectivity index (χ2v) is 8.27. The molecule has 0 unspecified atom stereocenters. The molecule has 23 heavy (non-hydrogen) atoms. The number of Topliss-reactive ketones (excluding diaryl/α,β-unsaturated/α-hetero) is 1. The van der Waals surface area contributed by atoms with Crippen LogP contribution in [0.2, 0.25) is 0 Å². The number of ketones is 1. The smallest absolute Gasteiger partial charge is 0.164 e. The summed E-state index contributed by atoms with van der Waals surface area (Å²) in [4.78, 5) is 15.0. The van der Waals surface area contributed by atoms with Gasteiger partial charge in [-0.2, -0.15) is 0 Å². The molecule has 2 nitrogen and oxygen atoms in total. The summed E-state index contributed by atoms with van der Waals surface area (Å²) in [5, 5.41) is 0. The Morgan fingerprint density at radius 1 is 1.09 bits per heavy atom. The number of fused-ring (bicyclic) bond motifs is 4. The minimum atomic E-state index is 0.152. The van der Waals surface area contributed by atoms with Crippen LogP contribution in [0.5, 0.6) is 0 Å². The zero-order chi connectivity index (χ0) is 15.4. The lowest BCUT2D eigenvalue weighted by molar-refractivity contribution is 0.0919. The van der Waals surface area contributed by atoms with Crippen LogP contribution < -0.4 is 0 Å². The Bertz CT molecular complexity index is 668. The molecule has 1 spiro atoms. The molecule has 1 saturated carbocycles. The van der Waals surface area contributed by atoms with E-state index >= 15 is 0 Å². The highest BCUT2D eigenvalue weighted by Gasteiger charge is 2.45. The Morgan fingerprint density at radius 2 is 1.91 bits per heavy atom. The third kappa shape index (κ3) is 2.15. The molecule has 1 aromatic rings. The van der Waals surface area contributed by atoms with Gasteiger partial charge in [-0.1, -0.05) is 36.4 Å². The number of hydrogen-bond donors (Lipinski definition) is 0. The van der Waals surface area contributed by atoms with Crippen LogP contribution in [0.1, 0.15) is 48.0 Å². The number of piperidine rings is 1. The van der Waals surface area contributed by atoms with E-state index in [0.717, 1.165) is 42.6 Å². The van der Waals surface area contributed by atoms with Crippen molar-refractivity contribution in [2.24, 2.45) is 17.8 Å². The maximum absolute atomic E-state index is 12.4. The Balaban J connectivity index is 1.28. The summed E-state index contributed by atoms with van der Waals surface area (Å²) in [6.45, 7) is 3.61. The molecule has 0 N–H and O–H groups in total. The minimum Gasteiger partial charge on any atom is -0.303 e. The van der Waals surface area contributed by atoms with E-state index in [1.54, 1.807) is 0 Å². The van der Waals surface area contributed by atoms with Gasteiger partial charge in [0.25, 0.3) is 0 Å². The highest BCUT2D eigenvalue weighted by atomic mass is 16.1. The molecule has 2 heteroatoms. The van der Waals surface area contributed by atoms with Gasteiger partial charge in [-0.15, -0.1) is 0 Å². The molecule has 3 atom stereocenters. The van der Waals surface area contributed by atoms with Gasteiger partial charge >= 0.3 is 0 Å². The van der Waals surface area contributed by atoms with Crippen LogP contribution in [-0.2, 0) is 5.41 Å².